The summed E-state index contributed by atoms with van der Waals surface area (Å²) in [5.41, 5.74) is 1.87. The Morgan fingerprint density at radius 2 is 1.93 bits per heavy atom. The Morgan fingerprint density at radius 1 is 1.15 bits per heavy atom. The van der Waals surface area contributed by atoms with Gasteiger partial charge in [-0.2, -0.15) is 0 Å². The third-order valence-corrected chi connectivity index (χ3v) is 6.43. The number of benzene rings is 2. The minimum atomic E-state index is 0.0165. The molecule has 1 amide bonds. The third-order valence-electron chi connectivity index (χ3n) is 4.51. The van der Waals surface area contributed by atoms with E-state index in [2.05, 4.69) is 26.9 Å². The van der Waals surface area contributed by atoms with Crippen molar-refractivity contribution in [3.05, 3.63) is 63.6 Å². The highest BCUT2D eigenvalue weighted by molar-refractivity contribution is 9.10. The van der Waals surface area contributed by atoms with Gasteiger partial charge in [-0.1, -0.05) is 57.1 Å². The second-order valence-electron chi connectivity index (χ2n) is 6.28. The van der Waals surface area contributed by atoms with Crippen molar-refractivity contribution in [1.82, 2.24) is 9.88 Å². The van der Waals surface area contributed by atoms with Crippen molar-refractivity contribution in [1.29, 1.82) is 0 Å². The van der Waals surface area contributed by atoms with Crippen LogP contribution >= 0.6 is 38.9 Å². The molecule has 2 aromatic carbocycles. The molecule has 4 nitrogen and oxygen atoms in total. The maximum atomic E-state index is 12.5. The van der Waals surface area contributed by atoms with Crippen molar-refractivity contribution >= 4 is 66.2 Å². The Morgan fingerprint density at radius 3 is 2.70 bits per heavy atom. The van der Waals surface area contributed by atoms with Gasteiger partial charge in [0, 0.05) is 41.8 Å². The minimum absolute atomic E-state index is 0.0165. The summed E-state index contributed by atoms with van der Waals surface area (Å²) in [5, 5.41) is 1.66. The second kappa shape index (κ2) is 8.00. The summed E-state index contributed by atoms with van der Waals surface area (Å²) < 4.78 is 2.23. The second-order valence-corrected chi connectivity index (χ2v) is 8.61. The van der Waals surface area contributed by atoms with Gasteiger partial charge in [0.05, 0.1) is 10.2 Å². The van der Waals surface area contributed by atoms with E-state index < -0.39 is 0 Å². The van der Waals surface area contributed by atoms with Gasteiger partial charge < -0.3 is 9.80 Å². The van der Waals surface area contributed by atoms with E-state index in [1.54, 1.807) is 23.5 Å². The molecule has 0 bridgehead atoms. The van der Waals surface area contributed by atoms with Gasteiger partial charge in [-0.15, -0.1) is 0 Å². The van der Waals surface area contributed by atoms with E-state index in [9.17, 15) is 4.79 Å². The molecule has 0 N–H and O–H groups in total. The van der Waals surface area contributed by atoms with E-state index in [1.165, 1.54) is 4.70 Å². The summed E-state index contributed by atoms with van der Waals surface area (Å²) in [6.45, 7) is 2.94. The van der Waals surface area contributed by atoms with Gasteiger partial charge in [-0.3, -0.25) is 4.79 Å². The summed E-state index contributed by atoms with van der Waals surface area (Å²) >= 11 is 11.3. The van der Waals surface area contributed by atoms with E-state index in [0.29, 0.717) is 18.1 Å². The molecular formula is C20H17BrClN3OS. The van der Waals surface area contributed by atoms with E-state index in [0.717, 1.165) is 33.8 Å². The first-order valence-corrected chi connectivity index (χ1v) is 10.6. The molecule has 3 aromatic rings. The maximum Gasteiger partial charge on any atom is 0.246 e. The van der Waals surface area contributed by atoms with Gasteiger partial charge in [0.25, 0.3) is 0 Å². The zero-order chi connectivity index (χ0) is 18.8. The van der Waals surface area contributed by atoms with Gasteiger partial charge >= 0.3 is 0 Å². The predicted octanol–water partition coefficient (Wildman–Crippen LogP) is 5.07. The Kier molecular flexibility index (Phi) is 5.48. The molecule has 0 unspecified atom stereocenters. The molecule has 27 heavy (non-hydrogen) atoms. The first kappa shape index (κ1) is 18.5. The van der Waals surface area contributed by atoms with Crippen LogP contribution in [0.4, 0.5) is 5.13 Å². The summed E-state index contributed by atoms with van der Waals surface area (Å²) in [4.78, 5) is 21.3. The number of carbonyl (C=O) groups is 1. The first-order valence-electron chi connectivity index (χ1n) is 8.63. The Bertz CT molecular complexity index is 1010. The molecule has 0 saturated carbocycles. The Balaban J connectivity index is 1.39. The number of carbonyl (C=O) groups excluding carboxylic acids is 1. The molecule has 138 valence electrons. The Labute approximate surface area is 175 Å². The molecule has 2 heterocycles. The lowest BCUT2D eigenvalue weighted by atomic mass is 10.2. The SMILES string of the molecule is O=C(/C=C/c1ccccc1Cl)N1CCN(c2nc3ccc(Br)cc3s2)CC1. The van der Waals surface area contributed by atoms with Crippen LogP contribution in [-0.2, 0) is 4.79 Å². The monoisotopic (exact) mass is 461 g/mol. The highest BCUT2D eigenvalue weighted by atomic mass is 79.9. The number of fused-ring (bicyclic) bond motifs is 1. The molecule has 0 spiro atoms. The van der Waals surface area contributed by atoms with Crippen molar-refractivity contribution in [3.63, 3.8) is 0 Å². The largest absolute Gasteiger partial charge is 0.345 e. The zero-order valence-corrected chi connectivity index (χ0v) is 17.6. The highest BCUT2D eigenvalue weighted by Gasteiger charge is 2.22. The minimum Gasteiger partial charge on any atom is -0.345 e. The number of hydrogen-bond donors (Lipinski definition) is 0. The molecule has 0 radical (unpaired) electrons. The zero-order valence-electron chi connectivity index (χ0n) is 14.4. The van der Waals surface area contributed by atoms with Gasteiger partial charge in [-0.25, -0.2) is 4.98 Å². The molecule has 0 aliphatic carbocycles. The number of piperazine rings is 1. The van der Waals surface area contributed by atoms with E-state index >= 15 is 0 Å². The summed E-state index contributed by atoms with van der Waals surface area (Å²) in [5.74, 6) is 0.0165. The average Bonchev–Trinajstić information content (AvgIpc) is 3.10. The van der Waals surface area contributed by atoms with Crippen molar-refractivity contribution in [2.75, 3.05) is 31.1 Å². The molecule has 0 atom stereocenters. The quantitative estimate of drug-likeness (QED) is 0.510. The van der Waals surface area contributed by atoms with E-state index in [-0.39, 0.29) is 5.91 Å². The number of halogens is 2. The maximum absolute atomic E-state index is 12.5. The van der Waals surface area contributed by atoms with Crippen LogP contribution in [0.1, 0.15) is 5.56 Å². The van der Waals surface area contributed by atoms with Crippen LogP contribution in [0.15, 0.2) is 53.0 Å². The number of thiazole rings is 1. The molecule has 4 rings (SSSR count). The van der Waals surface area contributed by atoms with Gasteiger partial charge in [0.2, 0.25) is 5.91 Å². The lowest BCUT2D eigenvalue weighted by Gasteiger charge is -2.34. The van der Waals surface area contributed by atoms with Crippen molar-refractivity contribution in [2.24, 2.45) is 0 Å². The third kappa shape index (κ3) is 4.18. The summed E-state index contributed by atoms with van der Waals surface area (Å²) in [6.07, 6.45) is 3.38. The van der Waals surface area contributed by atoms with Gasteiger partial charge in [-0.05, 0) is 35.9 Å². The van der Waals surface area contributed by atoms with Crippen LogP contribution in [0, 0.1) is 0 Å². The number of rotatable bonds is 3. The molecular weight excluding hydrogens is 446 g/mol. The van der Waals surface area contributed by atoms with Crippen LogP contribution in [0.3, 0.4) is 0 Å². The molecule has 1 fully saturated rings. The molecule has 1 aliphatic rings. The van der Waals surface area contributed by atoms with E-state index in [1.807, 2.05) is 41.3 Å². The van der Waals surface area contributed by atoms with Crippen LogP contribution in [-0.4, -0.2) is 42.0 Å². The standard InChI is InChI=1S/C20H17BrClN3OS/c21-15-6-7-17-18(13-15)27-20(23-17)25-11-9-24(10-12-25)19(26)8-5-14-3-1-2-4-16(14)22/h1-8,13H,9-12H2/b8-5+. The first-order chi connectivity index (χ1) is 13.1. The van der Waals surface area contributed by atoms with Crippen molar-refractivity contribution < 1.29 is 4.79 Å². The molecule has 1 saturated heterocycles. The lowest BCUT2D eigenvalue weighted by molar-refractivity contribution is -0.126. The fourth-order valence-electron chi connectivity index (χ4n) is 3.02. The fourth-order valence-corrected chi connectivity index (χ4v) is 4.78. The fraction of sp³-hybridized carbons (Fsp3) is 0.200. The summed E-state index contributed by atoms with van der Waals surface area (Å²) in [6, 6.07) is 13.6. The van der Waals surface area contributed by atoms with Crippen LogP contribution in [0.2, 0.25) is 5.02 Å². The smallest absolute Gasteiger partial charge is 0.246 e. The number of amides is 1. The number of anilines is 1. The van der Waals surface area contributed by atoms with Crippen LogP contribution in [0.25, 0.3) is 16.3 Å². The summed E-state index contributed by atoms with van der Waals surface area (Å²) in [7, 11) is 0. The topological polar surface area (TPSA) is 36.4 Å². The van der Waals surface area contributed by atoms with Crippen LogP contribution in [0.5, 0.6) is 0 Å². The lowest BCUT2D eigenvalue weighted by Crippen LogP contribution is -2.48. The van der Waals surface area contributed by atoms with Crippen molar-refractivity contribution in [2.45, 2.75) is 0 Å². The predicted molar refractivity (Wildman–Crippen MR) is 117 cm³/mol. The Hall–Kier alpha value is -1.89. The molecule has 1 aliphatic heterocycles. The van der Waals surface area contributed by atoms with E-state index in [4.69, 9.17) is 16.6 Å². The number of aromatic nitrogens is 1. The van der Waals surface area contributed by atoms with Gasteiger partial charge in [0.1, 0.15) is 0 Å². The van der Waals surface area contributed by atoms with Crippen LogP contribution < -0.4 is 4.90 Å². The molecule has 7 heteroatoms. The highest BCUT2D eigenvalue weighted by Crippen LogP contribution is 2.31. The molecule has 1 aromatic heterocycles. The van der Waals surface area contributed by atoms with Gasteiger partial charge in [0.15, 0.2) is 5.13 Å². The number of hydrogen-bond acceptors (Lipinski definition) is 4. The number of nitrogens with zero attached hydrogens (tertiary/aromatic N) is 3. The average molecular weight is 463 g/mol. The van der Waals surface area contributed by atoms with Crippen molar-refractivity contribution in [3.8, 4) is 0 Å². The normalized spacial score (nSPS) is 15.0.